The molecule has 130 valence electrons. The van der Waals surface area contributed by atoms with Crippen molar-refractivity contribution < 1.29 is 18.4 Å². The predicted molar refractivity (Wildman–Crippen MR) is 91.2 cm³/mol. The minimum atomic E-state index is -1.17. The molecule has 0 spiro atoms. The molecule has 2 amide bonds. The Morgan fingerprint density at radius 1 is 0.960 bits per heavy atom. The van der Waals surface area contributed by atoms with Crippen molar-refractivity contribution in [3.8, 4) is 0 Å². The predicted octanol–water partition coefficient (Wildman–Crippen LogP) is 3.94. The van der Waals surface area contributed by atoms with Gasteiger partial charge in [0.05, 0.1) is 0 Å². The molecule has 2 aromatic carbocycles. The molecule has 0 atom stereocenters. The first-order valence-corrected chi connectivity index (χ1v) is 7.98. The van der Waals surface area contributed by atoms with Crippen LogP contribution in [0.15, 0.2) is 36.4 Å². The minimum absolute atomic E-state index is 0.120. The second-order valence-corrected chi connectivity index (χ2v) is 6.37. The van der Waals surface area contributed by atoms with Gasteiger partial charge in [-0.3, -0.25) is 9.59 Å². The zero-order chi connectivity index (χ0) is 18.2. The normalized spacial score (nSPS) is 14.7. The fourth-order valence-electron chi connectivity index (χ4n) is 2.64. The van der Waals surface area contributed by atoms with E-state index in [1.165, 1.54) is 6.07 Å². The zero-order valence-corrected chi connectivity index (χ0v) is 14.0. The van der Waals surface area contributed by atoms with Crippen LogP contribution in [-0.4, -0.2) is 11.8 Å². The van der Waals surface area contributed by atoms with Crippen LogP contribution in [0, 0.1) is 30.9 Å². The van der Waals surface area contributed by atoms with Crippen molar-refractivity contribution >= 4 is 23.2 Å². The largest absolute Gasteiger partial charge is 0.325 e. The van der Waals surface area contributed by atoms with Crippen molar-refractivity contribution in [2.24, 2.45) is 5.41 Å². The molecular formula is C19H18F2N2O2. The highest BCUT2D eigenvalue weighted by Gasteiger charge is 2.56. The van der Waals surface area contributed by atoms with Gasteiger partial charge in [0.1, 0.15) is 5.41 Å². The second kappa shape index (κ2) is 6.27. The lowest BCUT2D eigenvalue weighted by Gasteiger charge is -2.17. The lowest BCUT2D eigenvalue weighted by molar-refractivity contribution is -0.131. The maximum atomic E-state index is 13.3. The van der Waals surface area contributed by atoms with Gasteiger partial charge in [0, 0.05) is 17.4 Å². The highest BCUT2D eigenvalue weighted by atomic mass is 19.2. The molecule has 0 unspecified atom stereocenters. The Bertz CT molecular complexity index is 860. The molecule has 0 radical (unpaired) electrons. The third kappa shape index (κ3) is 3.24. The van der Waals surface area contributed by atoms with Crippen LogP contribution in [0.5, 0.6) is 0 Å². The number of rotatable bonds is 4. The summed E-state index contributed by atoms with van der Waals surface area (Å²) in [4.78, 5) is 25.1. The van der Waals surface area contributed by atoms with Crippen molar-refractivity contribution in [3.05, 3.63) is 59.2 Å². The van der Waals surface area contributed by atoms with Crippen LogP contribution >= 0.6 is 0 Å². The Balaban J connectivity index is 1.74. The second-order valence-electron chi connectivity index (χ2n) is 6.37. The number of hydrogen-bond acceptors (Lipinski definition) is 2. The average Bonchev–Trinajstić information content (AvgIpc) is 3.37. The Hall–Kier alpha value is -2.76. The monoisotopic (exact) mass is 344 g/mol. The zero-order valence-electron chi connectivity index (χ0n) is 14.0. The number of carbonyl (C=O) groups excluding carboxylic acids is 2. The summed E-state index contributed by atoms with van der Waals surface area (Å²) in [5.74, 6) is -2.95. The summed E-state index contributed by atoms with van der Waals surface area (Å²) in [5.41, 5.74) is 1.59. The van der Waals surface area contributed by atoms with Crippen LogP contribution < -0.4 is 10.6 Å². The van der Waals surface area contributed by atoms with Gasteiger partial charge in [0.25, 0.3) is 0 Å². The Kier molecular flexibility index (Phi) is 4.29. The molecule has 2 aromatic rings. The Labute approximate surface area is 144 Å². The molecule has 6 heteroatoms. The van der Waals surface area contributed by atoms with Gasteiger partial charge in [-0.1, -0.05) is 12.1 Å². The molecule has 3 rings (SSSR count). The molecule has 2 N–H and O–H groups in total. The molecule has 1 fully saturated rings. The third-order valence-electron chi connectivity index (χ3n) is 4.65. The topological polar surface area (TPSA) is 58.2 Å². The van der Waals surface area contributed by atoms with Crippen molar-refractivity contribution in [2.45, 2.75) is 26.7 Å². The lowest BCUT2D eigenvalue weighted by atomic mass is 10.0. The van der Waals surface area contributed by atoms with Gasteiger partial charge in [-0.05, 0) is 56.0 Å². The molecular weight excluding hydrogens is 326 g/mol. The molecule has 25 heavy (non-hydrogen) atoms. The summed E-state index contributed by atoms with van der Waals surface area (Å²) in [6.07, 6.45) is 0.832. The van der Waals surface area contributed by atoms with Crippen LogP contribution in [0.2, 0.25) is 0 Å². The molecule has 0 heterocycles. The first kappa shape index (κ1) is 17.1. The van der Waals surface area contributed by atoms with Crippen LogP contribution in [0.3, 0.4) is 0 Å². The molecule has 0 aromatic heterocycles. The minimum Gasteiger partial charge on any atom is -0.325 e. The fraction of sp³-hybridized carbons (Fsp3) is 0.263. The average molecular weight is 344 g/mol. The van der Waals surface area contributed by atoms with Gasteiger partial charge in [-0.25, -0.2) is 8.78 Å². The standard InChI is InChI=1S/C19H18F2N2O2/c1-11-4-3-5-16(12(11)2)23-18(25)19(8-9-19)17(24)22-13-6-7-14(20)15(21)10-13/h3-7,10H,8-9H2,1-2H3,(H,22,24)(H,23,25). The summed E-state index contributed by atoms with van der Waals surface area (Å²) < 4.78 is 26.2. The van der Waals surface area contributed by atoms with E-state index in [0.717, 1.165) is 23.3 Å². The summed E-state index contributed by atoms with van der Waals surface area (Å²) >= 11 is 0. The summed E-state index contributed by atoms with van der Waals surface area (Å²) in [6.45, 7) is 3.83. The van der Waals surface area contributed by atoms with E-state index in [1.807, 2.05) is 26.0 Å². The fourth-order valence-corrected chi connectivity index (χ4v) is 2.64. The first-order valence-electron chi connectivity index (χ1n) is 7.98. The number of carbonyl (C=O) groups is 2. The maximum Gasteiger partial charge on any atom is 0.240 e. The molecule has 0 bridgehead atoms. The third-order valence-corrected chi connectivity index (χ3v) is 4.65. The van der Waals surface area contributed by atoms with Gasteiger partial charge >= 0.3 is 0 Å². The molecule has 1 aliphatic rings. The number of aryl methyl sites for hydroxylation is 1. The molecule has 0 saturated heterocycles. The number of hydrogen-bond donors (Lipinski definition) is 2. The van der Waals surface area contributed by atoms with Gasteiger partial charge in [0.2, 0.25) is 11.8 Å². The molecule has 4 nitrogen and oxygen atoms in total. The van der Waals surface area contributed by atoms with Crippen molar-refractivity contribution in [1.82, 2.24) is 0 Å². The van der Waals surface area contributed by atoms with E-state index in [4.69, 9.17) is 0 Å². The molecule has 1 saturated carbocycles. The number of halogens is 2. The van der Waals surface area contributed by atoms with E-state index >= 15 is 0 Å². The highest BCUT2D eigenvalue weighted by molar-refractivity contribution is 6.17. The number of amides is 2. The summed E-state index contributed by atoms with van der Waals surface area (Å²) in [7, 11) is 0. The van der Waals surface area contributed by atoms with E-state index in [-0.39, 0.29) is 11.6 Å². The van der Waals surface area contributed by atoms with Gasteiger partial charge < -0.3 is 10.6 Å². The van der Waals surface area contributed by atoms with E-state index in [2.05, 4.69) is 10.6 Å². The van der Waals surface area contributed by atoms with Crippen LogP contribution in [0.25, 0.3) is 0 Å². The first-order chi connectivity index (χ1) is 11.8. The number of benzene rings is 2. The van der Waals surface area contributed by atoms with Crippen molar-refractivity contribution in [2.75, 3.05) is 10.6 Å². The lowest BCUT2D eigenvalue weighted by Crippen LogP contribution is -2.35. The summed E-state index contributed by atoms with van der Waals surface area (Å²) in [6, 6.07) is 8.64. The van der Waals surface area contributed by atoms with E-state index in [1.54, 1.807) is 6.07 Å². The van der Waals surface area contributed by atoms with Crippen molar-refractivity contribution in [3.63, 3.8) is 0 Å². The quantitative estimate of drug-likeness (QED) is 0.826. The molecule has 1 aliphatic carbocycles. The van der Waals surface area contributed by atoms with E-state index < -0.39 is 23.0 Å². The van der Waals surface area contributed by atoms with Gasteiger partial charge in [-0.15, -0.1) is 0 Å². The number of nitrogens with one attached hydrogen (secondary N) is 2. The van der Waals surface area contributed by atoms with E-state index in [9.17, 15) is 18.4 Å². The van der Waals surface area contributed by atoms with Gasteiger partial charge in [-0.2, -0.15) is 0 Å². The van der Waals surface area contributed by atoms with Crippen LogP contribution in [0.1, 0.15) is 24.0 Å². The van der Waals surface area contributed by atoms with E-state index in [0.29, 0.717) is 18.5 Å². The van der Waals surface area contributed by atoms with Crippen molar-refractivity contribution in [1.29, 1.82) is 0 Å². The number of anilines is 2. The summed E-state index contributed by atoms with van der Waals surface area (Å²) in [5, 5.41) is 5.31. The van der Waals surface area contributed by atoms with Crippen LogP contribution in [-0.2, 0) is 9.59 Å². The SMILES string of the molecule is Cc1cccc(NC(=O)C2(C(=O)Nc3ccc(F)c(F)c3)CC2)c1C. The Morgan fingerprint density at radius 3 is 2.28 bits per heavy atom. The smallest absolute Gasteiger partial charge is 0.240 e. The molecule has 0 aliphatic heterocycles. The maximum absolute atomic E-state index is 13.3. The Morgan fingerprint density at radius 2 is 1.64 bits per heavy atom. The van der Waals surface area contributed by atoms with Gasteiger partial charge in [0.15, 0.2) is 11.6 Å². The van der Waals surface area contributed by atoms with Crippen LogP contribution in [0.4, 0.5) is 20.2 Å². The highest BCUT2D eigenvalue weighted by Crippen LogP contribution is 2.47.